The zero-order chi connectivity index (χ0) is 13.9. The third-order valence-corrected chi connectivity index (χ3v) is 3.28. The summed E-state index contributed by atoms with van der Waals surface area (Å²) in [4.78, 5) is 3.79. The van der Waals surface area contributed by atoms with Crippen molar-refractivity contribution in [3.05, 3.63) is 53.6 Å². The van der Waals surface area contributed by atoms with Gasteiger partial charge in [0.25, 0.3) is 0 Å². The number of nitrogens with zero attached hydrogens (tertiary/aromatic N) is 1. The monoisotopic (exact) mass is 274 g/mol. The SMILES string of the molecule is CNC1COc2cc(OCc3cncc(F)c3)ccc21. The normalized spacial score (nSPS) is 16.6. The maximum absolute atomic E-state index is 13.0. The van der Waals surface area contributed by atoms with Gasteiger partial charge < -0.3 is 14.8 Å². The molecule has 0 bridgehead atoms. The fraction of sp³-hybridized carbons (Fsp3) is 0.267. The highest BCUT2D eigenvalue weighted by Gasteiger charge is 2.22. The van der Waals surface area contributed by atoms with Crippen LogP contribution in [0.15, 0.2) is 36.7 Å². The summed E-state index contributed by atoms with van der Waals surface area (Å²) in [7, 11) is 1.91. The third kappa shape index (κ3) is 2.58. The highest BCUT2D eigenvalue weighted by molar-refractivity contribution is 5.45. The molecule has 2 heterocycles. The van der Waals surface area contributed by atoms with Gasteiger partial charge in [-0.25, -0.2) is 4.39 Å². The summed E-state index contributed by atoms with van der Waals surface area (Å²) in [5.41, 5.74) is 1.83. The first-order valence-corrected chi connectivity index (χ1v) is 6.42. The molecule has 1 unspecified atom stereocenters. The second-order valence-electron chi connectivity index (χ2n) is 4.65. The van der Waals surface area contributed by atoms with Gasteiger partial charge in [0.05, 0.1) is 12.2 Å². The summed E-state index contributed by atoms with van der Waals surface area (Å²) in [5, 5.41) is 3.19. The highest BCUT2D eigenvalue weighted by Crippen LogP contribution is 2.35. The van der Waals surface area contributed by atoms with E-state index in [2.05, 4.69) is 10.3 Å². The van der Waals surface area contributed by atoms with E-state index in [1.54, 1.807) is 6.20 Å². The number of benzene rings is 1. The van der Waals surface area contributed by atoms with Crippen LogP contribution >= 0.6 is 0 Å². The quantitative estimate of drug-likeness (QED) is 0.930. The lowest BCUT2D eigenvalue weighted by atomic mass is 10.1. The summed E-state index contributed by atoms with van der Waals surface area (Å²) in [6.45, 7) is 0.905. The van der Waals surface area contributed by atoms with E-state index in [0.29, 0.717) is 17.9 Å². The zero-order valence-electron chi connectivity index (χ0n) is 11.1. The summed E-state index contributed by atoms with van der Waals surface area (Å²) in [6, 6.07) is 7.38. The number of halogens is 1. The number of hydrogen-bond donors (Lipinski definition) is 1. The molecule has 20 heavy (non-hydrogen) atoms. The van der Waals surface area contributed by atoms with Gasteiger partial charge in [0.2, 0.25) is 0 Å². The summed E-state index contributed by atoms with van der Waals surface area (Å²) in [5.74, 6) is 1.17. The Morgan fingerprint density at radius 2 is 2.30 bits per heavy atom. The largest absolute Gasteiger partial charge is 0.491 e. The minimum atomic E-state index is -0.361. The molecule has 4 nitrogen and oxygen atoms in total. The molecular formula is C15H15FN2O2. The van der Waals surface area contributed by atoms with Crippen LogP contribution in [-0.4, -0.2) is 18.6 Å². The Balaban J connectivity index is 1.70. The number of likely N-dealkylation sites (N-methyl/N-ethyl adjacent to an activating group) is 1. The Hall–Kier alpha value is -2.14. The van der Waals surface area contributed by atoms with E-state index in [1.165, 1.54) is 12.3 Å². The zero-order valence-corrected chi connectivity index (χ0v) is 11.1. The topological polar surface area (TPSA) is 43.4 Å². The maximum atomic E-state index is 13.0. The van der Waals surface area contributed by atoms with Gasteiger partial charge in [-0.1, -0.05) is 0 Å². The lowest BCUT2D eigenvalue weighted by Gasteiger charge is -2.09. The van der Waals surface area contributed by atoms with Gasteiger partial charge in [0.15, 0.2) is 0 Å². The number of ether oxygens (including phenoxy) is 2. The first-order valence-electron chi connectivity index (χ1n) is 6.42. The number of pyridine rings is 1. The Labute approximate surface area is 116 Å². The second kappa shape index (κ2) is 5.46. The number of aromatic nitrogens is 1. The van der Waals surface area contributed by atoms with E-state index < -0.39 is 0 Å². The van der Waals surface area contributed by atoms with Gasteiger partial charge in [0.1, 0.15) is 30.5 Å². The smallest absolute Gasteiger partial charge is 0.141 e. The number of rotatable bonds is 4. The van der Waals surface area contributed by atoms with Crippen LogP contribution in [0.4, 0.5) is 4.39 Å². The van der Waals surface area contributed by atoms with Crippen molar-refractivity contribution in [2.24, 2.45) is 0 Å². The van der Waals surface area contributed by atoms with Crippen LogP contribution in [0.3, 0.4) is 0 Å². The third-order valence-electron chi connectivity index (χ3n) is 3.28. The van der Waals surface area contributed by atoms with Crippen molar-refractivity contribution < 1.29 is 13.9 Å². The van der Waals surface area contributed by atoms with E-state index in [9.17, 15) is 4.39 Å². The average Bonchev–Trinajstić information content (AvgIpc) is 2.87. The van der Waals surface area contributed by atoms with Crippen LogP contribution in [0.25, 0.3) is 0 Å². The van der Waals surface area contributed by atoms with Crippen LogP contribution in [-0.2, 0) is 6.61 Å². The van der Waals surface area contributed by atoms with Crippen molar-refractivity contribution in [1.29, 1.82) is 0 Å². The van der Waals surface area contributed by atoms with E-state index in [0.717, 1.165) is 11.3 Å². The molecule has 3 rings (SSSR count). The number of hydrogen-bond acceptors (Lipinski definition) is 4. The number of fused-ring (bicyclic) bond motifs is 1. The molecule has 1 aromatic carbocycles. The molecule has 0 aliphatic carbocycles. The molecular weight excluding hydrogens is 259 g/mol. The molecule has 1 atom stereocenters. The van der Waals surface area contributed by atoms with Crippen molar-refractivity contribution in [2.75, 3.05) is 13.7 Å². The van der Waals surface area contributed by atoms with Gasteiger partial charge in [0, 0.05) is 23.4 Å². The first kappa shape index (κ1) is 12.9. The molecule has 0 amide bonds. The molecule has 2 aromatic rings. The van der Waals surface area contributed by atoms with E-state index in [1.807, 2.05) is 25.2 Å². The maximum Gasteiger partial charge on any atom is 0.141 e. The van der Waals surface area contributed by atoms with E-state index in [-0.39, 0.29) is 18.5 Å². The first-order chi connectivity index (χ1) is 9.76. The molecule has 1 aliphatic heterocycles. The summed E-state index contributed by atoms with van der Waals surface area (Å²) >= 11 is 0. The molecule has 104 valence electrons. The molecule has 0 saturated heterocycles. The highest BCUT2D eigenvalue weighted by atomic mass is 19.1. The van der Waals surface area contributed by atoms with Gasteiger partial charge in [-0.3, -0.25) is 4.98 Å². The van der Waals surface area contributed by atoms with Gasteiger partial charge >= 0.3 is 0 Å². The summed E-state index contributed by atoms with van der Waals surface area (Å²) in [6.07, 6.45) is 2.76. The van der Waals surface area contributed by atoms with Gasteiger partial charge in [-0.15, -0.1) is 0 Å². The minimum Gasteiger partial charge on any atom is -0.491 e. The van der Waals surface area contributed by atoms with Crippen molar-refractivity contribution >= 4 is 0 Å². The minimum absolute atomic E-state index is 0.228. The molecule has 5 heteroatoms. The molecule has 0 radical (unpaired) electrons. The van der Waals surface area contributed by atoms with Crippen molar-refractivity contribution in [3.8, 4) is 11.5 Å². The van der Waals surface area contributed by atoms with Crippen LogP contribution < -0.4 is 14.8 Å². The average molecular weight is 274 g/mol. The van der Waals surface area contributed by atoms with Crippen molar-refractivity contribution in [2.45, 2.75) is 12.6 Å². The molecule has 0 spiro atoms. The fourth-order valence-corrected chi connectivity index (χ4v) is 2.22. The van der Waals surface area contributed by atoms with Crippen molar-refractivity contribution in [3.63, 3.8) is 0 Å². The Morgan fingerprint density at radius 1 is 1.40 bits per heavy atom. The van der Waals surface area contributed by atoms with Crippen LogP contribution in [0.2, 0.25) is 0 Å². The van der Waals surface area contributed by atoms with Crippen LogP contribution in [0.5, 0.6) is 11.5 Å². The van der Waals surface area contributed by atoms with E-state index >= 15 is 0 Å². The Morgan fingerprint density at radius 3 is 3.10 bits per heavy atom. The predicted molar refractivity (Wildman–Crippen MR) is 72.3 cm³/mol. The second-order valence-corrected chi connectivity index (χ2v) is 4.65. The molecule has 1 aliphatic rings. The van der Waals surface area contributed by atoms with Gasteiger partial charge in [-0.05, 0) is 25.2 Å². The van der Waals surface area contributed by atoms with Crippen molar-refractivity contribution in [1.82, 2.24) is 10.3 Å². The Kier molecular flexibility index (Phi) is 3.52. The standard InChI is InChI=1S/C15H15FN2O2/c1-17-14-9-20-15-5-12(2-3-13(14)15)19-8-10-4-11(16)7-18-6-10/h2-7,14,17H,8-9H2,1H3. The molecule has 1 N–H and O–H groups in total. The summed E-state index contributed by atoms with van der Waals surface area (Å²) < 4.78 is 24.2. The lowest BCUT2D eigenvalue weighted by molar-refractivity contribution is 0.298. The molecule has 0 fully saturated rings. The van der Waals surface area contributed by atoms with Crippen LogP contribution in [0, 0.1) is 5.82 Å². The van der Waals surface area contributed by atoms with Crippen LogP contribution in [0.1, 0.15) is 17.2 Å². The van der Waals surface area contributed by atoms with Gasteiger partial charge in [-0.2, -0.15) is 0 Å². The predicted octanol–water partition coefficient (Wildman–Crippen LogP) is 2.45. The number of nitrogens with one attached hydrogen (secondary N) is 1. The molecule has 0 saturated carbocycles. The Bertz CT molecular complexity index is 619. The lowest BCUT2D eigenvalue weighted by Crippen LogP contribution is -2.17. The van der Waals surface area contributed by atoms with E-state index in [4.69, 9.17) is 9.47 Å². The fourth-order valence-electron chi connectivity index (χ4n) is 2.22. The molecule has 1 aromatic heterocycles.